The molecule has 1 amide bonds. The molecule has 0 aliphatic rings. The Balaban J connectivity index is 0.000000908. The number of ether oxygens (including phenoxy) is 1. The van der Waals surface area contributed by atoms with E-state index in [0.29, 0.717) is 24.4 Å². The van der Waals surface area contributed by atoms with Crippen molar-refractivity contribution in [2.75, 3.05) is 20.2 Å². The van der Waals surface area contributed by atoms with Crippen molar-refractivity contribution in [3.8, 4) is 28.3 Å². The molecule has 4 rings (SSSR count). The van der Waals surface area contributed by atoms with Gasteiger partial charge in [-0.3, -0.25) is 9.59 Å². The summed E-state index contributed by atoms with van der Waals surface area (Å²) in [4.78, 5) is 43.4. The van der Waals surface area contributed by atoms with Crippen LogP contribution in [0.1, 0.15) is 94.1 Å². The predicted octanol–water partition coefficient (Wildman–Crippen LogP) is 8.07. The molecule has 1 heterocycles. The fraction of sp³-hybridized carbons (Fsp3) is 0.405. The van der Waals surface area contributed by atoms with Crippen molar-refractivity contribution in [3.63, 3.8) is 0 Å². The maximum atomic E-state index is 12.7. The molecule has 1 unspecified atom stereocenters. The lowest BCUT2D eigenvalue weighted by atomic mass is 9.86. The largest absolute Gasteiger partial charge is 0.494 e. The van der Waals surface area contributed by atoms with E-state index in [9.17, 15) is 14.4 Å². The maximum absolute atomic E-state index is 12.7. The van der Waals surface area contributed by atoms with Crippen LogP contribution in [0.2, 0.25) is 0 Å². The Morgan fingerprint density at radius 2 is 1.43 bits per heavy atom. The number of carbonyl (C=O) groups is 3. The van der Waals surface area contributed by atoms with Crippen molar-refractivity contribution in [3.05, 3.63) is 102 Å². The summed E-state index contributed by atoms with van der Waals surface area (Å²) in [6, 6.07) is 22.7. The molecule has 51 heavy (non-hydrogen) atoms. The van der Waals surface area contributed by atoms with Gasteiger partial charge in [0.05, 0.1) is 19.1 Å². The Labute approximate surface area is 303 Å². The van der Waals surface area contributed by atoms with E-state index in [1.54, 1.807) is 19.2 Å². The van der Waals surface area contributed by atoms with Gasteiger partial charge in [0.2, 0.25) is 0 Å². The number of carboxylic acid groups (broad SMARTS) is 1. The van der Waals surface area contributed by atoms with Gasteiger partial charge < -0.3 is 25.3 Å². The minimum Gasteiger partial charge on any atom is -0.494 e. The highest BCUT2D eigenvalue weighted by atomic mass is 16.5. The summed E-state index contributed by atoms with van der Waals surface area (Å²) in [6.45, 7) is 9.92. The van der Waals surface area contributed by atoms with E-state index in [-0.39, 0.29) is 17.7 Å². The van der Waals surface area contributed by atoms with Crippen LogP contribution < -0.4 is 15.4 Å². The predicted molar refractivity (Wildman–Crippen MR) is 204 cm³/mol. The Bertz CT molecular complexity index is 1610. The number of carbonyl (C=O) groups excluding carboxylic acids is 2. The number of benzene rings is 3. The van der Waals surface area contributed by atoms with Crippen LogP contribution in [0.3, 0.4) is 0 Å². The Hall–Kier alpha value is -4.89. The van der Waals surface area contributed by atoms with Crippen LogP contribution in [0.5, 0.6) is 5.75 Å². The van der Waals surface area contributed by atoms with Crippen molar-refractivity contribution in [1.82, 2.24) is 20.6 Å². The molecule has 9 nitrogen and oxygen atoms in total. The summed E-state index contributed by atoms with van der Waals surface area (Å²) in [5.74, 6) is 0.488. The van der Waals surface area contributed by atoms with Gasteiger partial charge in [0.1, 0.15) is 12.0 Å². The number of hydrogen-bond acceptors (Lipinski definition) is 7. The third kappa shape index (κ3) is 14.5. The quantitative estimate of drug-likeness (QED) is 0.0704. The summed E-state index contributed by atoms with van der Waals surface area (Å²) < 4.78 is 5.90. The van der Waals surface area contributed by atoms with E-state index in [4.69, 9.17) is 9.84 Å². The first-order chi connectivity index (χ1) is 24.5. The molecular weight excluding hydrogens is 640 g/mol. The van der Waals surface area contributed by atoms with Gasteiger partial charge in [-0.25, -0.2) is 9.97 Å². The third-order valence-electron chi connectivity index (χ3n) is 8.36. The van der Waals surface area contributed by atoms with Gasteiger partial charge in [0.25, 0.3) is 5.91 Å². The number of nitrogens with zero attached hydrogens (tertiary/aromatic N) is 2. The van der Waals surface area contributed by atoms with Gasteiger partial charge in [-0.05, 0) is 66.3 Å². The first kappa shape index (κ1) is 40.5. The molecule has 1 atom stereocenters. The number of aldehydes is 1. The molecule has 0 saturated heterocycles. The van der Waals surface area contributed by atoms with Gasteiger partial charge in [-0.2, -0.15) is 0 Å². The molecule has 0 bridgehead atoms. The highest BCUT2D eigenvalue weighted by molar-refractivity contribution is 5.95. The lowest BCUT2D eigenvalue weighted by Gasteiger charge is -2.19. The average molecular weight is 695 g/mol. The Kier molecular flexibility index (Phi) is 17.0. The normalized spacial score (nSPS) is 11.5. The molecule has 0 radical (unpaired) electrons. The van der Waals surface area contributed by atoms with Crippen LogP contribution in [0, 0.1) is 0 Å². The highest BCUT2D eigenvalue weighted by Crippen LogP contribution is 2.24. The smallest absolute Gasteiger partial charge is 0.304 e. The molecule has 0 saturated carbocycles. The van der Waals surface area contributed by atoms with E-state index in [2.05, 4.69) is 48.3 Å². The van der Waals surface area contributed by atoms with Gasteiger partial charge in [-0.15, -0.1) is 0 Å². The number of amides is 1. The fourth-order valence-corrected chi connectivity index (χ4v) is 5.22. The molecule has 0 aliphatic carbocycles. The second-order valence-electron chi connectivity index (χ2n) is 13.6. The molecule has 3 N–H and O–H groups in total. The van der Waals surface area contributed by atoms with E-state index in [1.165, 1.54) is 32.1 Å². The van der Waals surface area contributed by atoms with Crippen molar-refractivity contribution < 1.29 is 24.2 Å². The van der Waals surface area contributed by atoms with Gasteiger partial charge in [-0.1, -0.05) is 108 Å². The molecule has 4 aromatic rings. The zero-order chi connectivity index (χ0) is 37.1. The van der Waals surface area contributed by atoms with Gasteiger partial charge in [0.15, 0.2) is 5.82 Å². The molecule has 9 heteroatoms. The number of unbranched alkanes of at least 4 members (excludes halogenated alkanes) is 5. The molecule has 0 spiro atoms. The topological polar surface area (TPSA) is 131 Å². The molecular formula is C42H54N4O5. The van der Waals surface area contributed by atoms with Crippen molar-refractivity contribution in [2.45, 2.75) is 90.5 Å². The number of nitrogens with one attached hydrogen (secondary N) is 2. The molecule has 0 aliphatic heterocycles. The Morgan fingerprint density at radius 1 is 0.824 bits per heavy atom. The first-order valence-corrected chi connectivity index (χ1v) is 17.9. The molecule has 0 fully saturated rings. The van der Waals surface area contributed by atoms with Gasteiger partial charge in [0, 0.05) is 35.6 Å². The summed E-state index contributed by atoms with van der Waals surface area (Å²) in [6.07, 6.45) is 12.5. The minimum absolute atomic E-state index is 0.00799. The first-order valence-electron chi connectivity index (χ1n) is 17.9. The Morgan fingerprint density at radius 3 is 1.98 bits per heavy atom. The lowest BCUT2D eigenvalue weighted by molar-refractivity contribution is -0.136. The second kappa shape index (κ2) is 21.4. The zero-order valence-electron chi connectivity index (χ0n) is 30.8. The van der Waals surface area contributed by atoms with Crippen LogP contribution in [0.4, 0.5) is 0 Å². The highest BCUT2D eigenvalue weighted by Gasteiger charge is 2.17. The molecule has 1 aromatic heterocycles. The molecule has 272 valence electrons. The standard InChI is InChI=1S/C38H45N3O3.C4H9NO2/c1-5-6-7-8-9-10-23-44-35-21-17-29(18-22-35)32-25-39-36(40-26-32)30-13-11-28(12-14-30)24-34(27-42)41-37(43)31-15-19-33(20-16-31)38(2,3)4;1-5-3-2-4(6)7/h11-22,25-27,34H,5-10,23-24H2,1-4H3,(H,41,43);5H,2-3H2,1H3,(H,6,7). The van der Waals surface area contributed by atoms with E-state index < -0.39 is 12.0 Å². The monoisotopic (exact) mass is 694 g/mol. The van der Waals surface area contributed by atoms with Crippen LogP contribution >= 0.6 is 0 Å². The van der Waals surface area contributed by atoms with E-state index in [1.807, 2.05) is 73.1 Å². The number of rotatable bonds is 18. The maximum Gasteiger partial charge on any atom is 0.304 e. The summed E-state index contributed by atoms with van der Waals surface area (Å²) in [7, 11) is 1.73. The fourth-order valence-electron chi connectivity index (χ4n) is 5.22. The number of aromatic nitrogens is 2. The van der Waals surface area contributed by atoms with E-state index >= 15 is 0 Å². The summed E-state index contributed by atoms with van der Waals surface area (Å²) in [5, 5.41) is 13.6. The van der Waals surface area contributed by atoms with E-state index in [0.717, 1.165) is 52.9 Å². The zero-order valence-corrected chi connectivity index (χ0v) is 30.8. The van der Waals surface area contributed by atoms with Crippen LogP contribution in [0.15, 0.2) is 85.2 Å². The van der Waals surface area contributed by atoms with Crippen LogP contribution in [-0.4, -0.2) is 59.5 Å². The minimum atomic E-state index is -0.755. The summed E-state index contributed by atoms with van der Waals surface area (Å²) in [5.41, 5.74) is 5.48. The van der Waals surface area contributed by atoms with Crippen molar-refractivity contribution >= 4 is 18.2 Å². The van der Waals surface area contributed by atoms with Crippen molar-refractivity contribution in [2.24, 2.45) is 0 Å². The lowest BCUT2D eigenvalue weighted by Crippen LogP contribution is -2.37. The second-order valence-corrected chi connectivity index (χ2v) is 13.6. The number of carboxylic acids is 1. The average Bonchev–Trinajstić information content (AvgIpc) is 3.14. The van der Waals surface area contributed by atoms with Crippen LogP contribution in [-0.2, 0) is 21.4 Å². The molecule has 3 aromatic carbocycles. The summed E-state index contributed by atoms with van der Waals surface area (Å²) >= 11 is 0. The van der Waals surface area contributed by atoms with Crippen LogP contribution in [0.25, 0.3) is 22.5 Å². The number of aliphatic carboxylic acids is 1. The SMILES string of the molecule is CCCCCCCCOc1ccc(-c2cnc(-c3ccc(CC(C=O)NC(=O)c4ccc(C(C)(C)C)cc4)cc3)nc2)cc1.CNCCC(=O)O. The van der Waals surface area contributed by atoms with Gasteiger partial charge >= 0.3 is 5.97 Å². The number of hydrogen-bond donors (Lipinski definition) is 3. The third-order valence-corrected chi connectivity index (χ3v) is 8.36. The van der Waals surface area contributed by atoms with Crippen molar-refractivity contribution in [1.29, 1.82) is 0 Å².